The second-order valence-electron chi connectivity index (χ2n) is 7.71. The molecule has 3 heterocycles. The minimum Gasteiger partial charge on any atom is -0.495 e. The van der Waals surface area contributed by atoms with Crippen molar-refractivity contribution in [2.24, 2.45) is 0 Å². The Kier molecular flexibility index (Phi) is 5.54. The van der Waals surface area contributed by atoms with Crippen LogP contribution in [0.2, 0.25) is 0 Å². The van der Waals surface area contributed by atoms with Gasteiger partial charge < -0.3 is 19.9 Å². The molecule has 158 valence electrons. The topological polar surface area (TPSA) is 88.4 Å². The summed E-state index contributed by atoms with van der Waals surface area (Å²) in [6.45, 7) is 4.63. The maximum absolute atomic E-state index is 11.5. The third-order valence-electron chi connectivity index (χ3n) is 5.53. The first-order valence-corrected chi connectivity index (χ1v) is 10.00. The monoisotopic (exact) mass is 409 g/mol. The SMILES string of the molecule is COc1cc2c(cc1Nc1ncc3cnn(CCN(C)C(C)=O)c3n1)CN(C)CC2. The van der Waals surface area contributed by atoms with Crippen LogP contribution in [0.1, 0.15) is 18.1 Å². The molecule has 9 nitrogen and oxygen atoms in total. The van der Waals surface area contributed by atoms with Crippen molar-refractivity contribution >= 4 is 28.6 Å². The number of hydrogen-bond acceptors (Lipinski definition) is 7. The van der Waals surface area contributed by atoms with Crippen LogP contribution in [0.25, 0.3) is 11.0 Å². The Morgan fingerprint density at radius 3 is 2.90 bits per heavy atom. The molecule has 0 saturated heterocycles. The van der Waals surface area contributed by atoms with Crippen LogP contribution in [0.4, 0.5) is 11.6 Å². The number of nitrogens with one attached hydrogen (secondary N) is 1. The predicted molar refractivity (Wildman–Crippen MR) is 115 cm³/mol. The van der Waals surface area contributed by atoms with E-state index in [1.54, 1.807) is 43.1 Å². The van der Waals surface area contributed by atoms with Crippen LogP contribution in [-0.4, -0.2) is 69.8 Å². The highest BCUT2D eigenvalue weighted by Crippen LogP contribution is 2.33. The number of nitrogens with zero attached hydrogens (tertiary/aromatic N) is 6. The van der Waals surface area contributed by atoms with Crippen molar-refractivity contribution in [3.8, 4) is 5.75 Å². The smallest absolute Gasteiger partial charge is 0.229 e. The molecule has 30 heavy (non-hydrogen) atoms. The summed E-state index contributed by atoms with van der Waals surface area (Å²) in [5.41, 5.74) is 4.17. The van der Waals surface area contributed by atoms with Gasteiger partial charge in [-0.2, -0.15) is 10.1 Å². The average molecular weight is 409 g/mol. The maximum Gasteiger partial charge on any atom is 0.229 e. The summed E-state index contributed by atoms with van der Waals surface area (Å²) in [6, 6.07) is 4.22. The van der Waals surface area contributed by atoms with E-state index in [1.807, 2.05) is 0 Å². The molecular weight excluding hydrogens is 382 g/mol. The number of aromatic nitrogens is 4. The van der Waals surface area contributed by atoms with E-state index in [1.165, 1.54) is 11.1 Å². The summed E-state index contributed by atoms with van der Waals surface area (Å²) in [4.78, 5) is 24.5. The largest absolute Gasteiger partial charge is 0.495 e. The fourth-order valence-electron chi connectivity index (χ4n) is 3.61. The van der Waals surface area contributed by atoms with E-state index in [0.717, 1.165) is 42.0 Å². The van der Waals surface area contributed by atoms with Crippen molar-refractivity contribution in [3.63, 3.8) is 0 Å². The maximum atomic E-state index is 11.5. The molecule has 0 aliphatic carbocycles. The molecule has 0 fully saturated rings. The Hall–Kier alpha value is -3.20. The third-order valence-corrected chi connectivity index (χ3v) is 5.53. The summed E-state index contributed by atoms with van der Waals surface area (Å²) >= 11 is 0. The Bertz CT molecular complexity index is 1080. The number of fused-ring (bicyclic) bond motifs is 2. The van der Waals surface area contributed by atoms with Gasteiger partial charge in [0.1, 0.15) is 5.75 Å². The van der Waals surface area contributed by atoms with Crippen molar-refractivity contribution in [3.05, 3.63) is 35.7 Å². The van der Waals surface area contributed by atoms with Gasteiger partial charge in [-0.15, -0.1) is 0 Å². The van der Waals surface area contributed by atoms with Gasteiger partial charge >= 0.3 is 0 Å². The third kappa shape index (κ3) is 4.06. The van der Waals surface area contributed by atoms with Crippen molar-refractivity contribution < 1.29 is 9.53 Å². The summed E-state index contributed by atoms with van der Waals surface area (Å²) in [7, 11) is 5.57. The van der Waals surface area contributed by atoms with Crippen molar-refractivity contribution in [2.75, 3.05) is 39.6 Å². The van der Waals surface area contributed by atoms with Crippen LogP contribution in [0.5, 0.6) is 5.75 Å². The van der Waals surface area contributed by atoms with Crippen molar-refractivity contribution in [2.45, 2.75) is 26.4 Å². The minimum atomic E-state index is 0.0218. The lowest BCUT2D eigenvalue weighted by Crippen LogP contribution is -2.28. The summed E-state index contributed by atoms with van der Waals surface area (Å²) in [5, 5.41) is 8.55. The zero-order valence-corrected chi connectivity index (χ0v) is 17.8. The van der Waals surface area contributed by atoms with E-state index in [9.17, 15) is 4.79 Å². The van der Waals surface area contributed by atoms with Crippen LogP contribution >= 0.6 is 0 Å². The van der Waals surface area contributed by atoms with Crippen molar-refractivity contribution in [1.82, 2.24) is 29.5 Å². The predicted octanol–water partition coefficient (Wildman–Crippen LogP) is 2.04. The Balaban J connectivity index is 1.60. The highest BCUT2D eigenvalue weighted by Gasteiger charge is 2.18. The summed E-state index contributed by atoms with van der Waals surface area (Å²) in [5.74, 6) is 1.28. The van der Waals surface area contributed by atoms with E-state index < -0.39 is 0 Å². The standard InChI is InChI=1S/C21H27N7O2/c1-14(29)27(3)7-8-28-20-17(12-23-28)11-22-21(25-20)24-18-9-16-13-26(2)6-5-15(16)10-19(18)30-4/h9-12H,5-8,13H2,1-4H3,(H,22,24,25). The second kappa shape index (κ2) is 8.27. The Labute approximate surface area is 175 Å². The number of rotatable bonds is 6. The Morgan fingerprint density at radius 2 is 2.13 bits per heavy atom. The average Bonchev–Trinajstić information content (AvgIpc) is 3.13. The van der Waals surface area contributed by atoms with Gasteiger partial charge in [-0.05, 0) is 36.7 Å². The molecule has 3 aromatic rings. The summed E-state index contributed by atoms with van der Waals surface area (Å²) in [6.07, 6.45) is 4.50. The van der Waals surface area contributed by atoms with Gasteiger partial charge in [0.2, 0.25) is 11.9 Å². The molecular formula is C21H27N7O2. The number of likely N-dealkylation sites (N-methyl/N-ethyl adjacent to an activating group) is 2. The molecule has 4 rings (SSSR count). The molecule has 0 unspecified atom stereocenters. The molecule has 1 aliphatic rings. The number of methoxy groups -OCH3 is 1. The van der Waals surface area contributed by atoms with Crippen molar-refractivity contribution in [1.29, 1.82) is 0 Å². The normalized spacial score (nSPS) is 13.9. The first-order valence-electron chi connectivity index (χ1n) is 10.00. The number of hydrogen-bond donors (Lipinski definition) is 1. The number of amides is 1. The lowest BCUT2D eigenvalue weighted by atomic mass is 9.99. The lowest BCUT2D eigenvalue weighted by molar-refractivity contribution is -0.127. The number of benzene rings is 1. The van der Waals surface area contributed by atoms with Gasteiger partial charge in [-0.3, -0.25) is 4.79 Å². The van der Waals surface area contributed by atoms with Gasteiger partial charge in [-0.25, -0.2) is 9.67 Å². The van der Waals surface area contributed by atoms with Crippen LogP contribution in [-0.2, 0) is 24.3 Å². The quantitative estimate of drug-likeness (QED) is 0.666. The first kappa shape index (κ1) is 20.1. The number of carbonyl (C=O) groups excluding carboxylic acids is 1. The lowest BCUT2D eigenvalue weighted by Gasteiger charge is -2.26. The fourth-order valence-corrected chi connectivity index (χ4v) is 3.61. The van der Waals surface area contributed by atoms with E-state index in [4.69, 9.17) is 4.74 Å². The Morgan fingerprint density at radius 1 is 1.30 bits per heavy atom. The molecule has 0 spiro atoms. The second-order valence-corrected chi connectivity index (χ2v) is 7.71. The highest BCUT2D eigenvalue weighted by atomic mass is 16.5. The number of carbonyl (C=O) groups is 1. The van der Waals surface area contributed by atoms with Crippen LogP contribution in [0.15, 0.2) is 24.5 Å². The highest BCUT2D eigenvalue weighted by molar-refractivity contribution is 5.76. The van der Waals surface area contributed by atoms with Crippen LogP contribution in [0, 0.1) is 0 Å². The summed E-state index contributed by atoms with van der Waals surface area (Å²) < 4.78 is 7.40. The van der Waals surface area contributed by atoms with E-state index in [-0.39, 0.29) is 5.91 Å². The molecule has 0 radical (unpaired) electrons. The molecule has 2 aromatic heterocycles. The molecule has 1 amide bonds. The van der Waals surface area contributed by atoms with Gasteiger partial charge in [0.15, 0.2) is 5.65 Å². The number of ether oxygens (including phenoxy) is 1. The zero-order valence-electron chi connectivity index (χ0n) is 17.8. The van der Waals surface area contributed by atoms with E-state index in [2.05, 4.69) is 44.5 Å². The van der Waals surface area contributed by atoms with E-state index >= 15 is 0 Å². The van der Waals surface area contributed by atoms with Gasteiger partial charge in [0.05, 0.1) is 30.9 Å². The molecule has 9 heteroatoms. The van der Waals surface area contributed by atoms with E-state index in [0.29, 0.717) is 19.0 Å². The first-order chi connectivity index (χ1) is 14.4. The molecule has 1 N–H and O–H groups in total. The molecule has 0 bridgehead atoms. The fraction of sp³-hybridized carbons (Fsp3) is 0.429. The number of anilines is 2. The molecule has 0 atom stereocenters. The van der Waals surface area contributed by atoms with Crippen LogP contribution < -0.4 is 10.1 Å². The van der Waals surface area contributed by atoms with Gasteiger partial charge in [0.25, 0.3) is 0 Å². The molecule has 0 saturated carbocycles. The van der Waals surface area contributed by atoms with Gasteiger partial charge in [0, 0.05) is 39.8 Å². The molecule has 1 aromatic carbocycles. The van der Waals surface area contributed by atoms with Gasteiger partial charge in [-0.1, -0.05) is 0 Å². The van der Waals surface area contributed by atoms with Crippen LogP contribution in [0.3, 0.4) is 0 Å². The zero-order chi connectivity index (χ0) is 21.3. The minimum absolute atomic E-state index is 0.0218. The molecule has 1 aliphatic heterocycles.